The third-order valence-corrected chi connectivity index (χ3v) is 6.36. The Kier molecular flexibility index (Phi) is 6.22. The van der Waals surface area contributed by atoms with Crippen LogP contribution >= 0.6 is 0 Å². The zero-order valence-electron chi connectivity index (χ0n) is 17.4. The Hall–Kier alpha value is -2.61. The molecule has 8 heteroatoms. The lowest BCUT2D eigenvalue weighted by molar-refractivity contribution is -0.136. The highest BCUT2D eigenvalue weighted by atomic mass is 16.5. The van der Waals surface area contributed by atoms with Crippen LogP contribution in [0.3, 0.4) is 0 Å². The summed E-state index contributed by atoms with van der Waals surface area (Å²) < 4.78 is 11.9. The van der Waals surface area contributed by atoms with E-state index >= 15 is 0 Å². The van der Waals surface area contributed by atoms with Crippen LogP contribution in [0.25, 0.3) is 10.9 Å². The summed E-state index contributed by atoms with van der Waals surface area (Å²) in [4.78, 5) is 43.0. The predicted octanol–water partition coefficient (Wildman–Crippen LogP) is 1.75. The van der Waals surface area contributed by atoms with Crippen LogP contribution in [0.2, 0.25) is 0 Å². The van der Waals surface area contributed by atoms with Crippen LogP contribution in [-0.4, -0.2) is 53.8 Å². The van der Waals surface area contributed by atoms with Gasteiger partial charge in [0.25, 0.3) is 5.56 Å². The molecule has 0 radical (unpaired) electrons. The van der Waals surface area contributed by atoms with Crippen molar-refractivity contribution in [3.63, 3.8) is 0 Å². The fraction of sp³-hybridized carbons (Fsp3) is 0.591. The molecule has 1 aliphatic carbocycles. The number of hydrogen-bond acceptors (Lipinski definition) is 5. The number of H-pyrrole nitrogens is 1. The predicted molar refractivity (Wildman–Crippen MR) is 113 cm³/mol. The number of methoxy groups -OCH3 is 1. The highest BCUT2D eigenvalue weighted by Crippen LogP contribution is 2.31. The van der Waals surface area contributed by atoms with E-state index in [0.717, 1.165) is 45.3 Å². The molecule has 2 heterocycles. The maximum absolute atomic E-state index is 12.9. The van der Waals surface area contributed by atoms with E-state index in [2.05, 4.69) is 4.98 Å². The lowest BCUT2D eigenvalue weighted by Gasteiger charge is -2.31. The summed E-state index contributed by atoms with van der Waals surface area (Å²) in [6.07, 6.45) is 4.16. The van der Waals surface area contributed by atoms with Crippen LogP contribution in [-0.2, 0) is 16.1 Å². The molecule has 1 amide bonds. The van der Waals surface area contributed by atoms with Gasteiger partial charge in [-0.2, -0.15) is 0 Å². The number of rotatable bonds is 4. The Morgan fingerprint density at radius 1 is 1.17 bits per heavy atom. The van der Waals surface area contributed by atoms with Crippen molar-refractivity contribution in [2.24, 2.45) is 11.8 Å². The monoisotopic (exact) mass is 415 g/mol. The molecule has 1 saturated carbocycles. The van der Waals surface area contributed by atoms with E-state index in [4.69, 9.17) is 9.47 Å². The Labute approximate surface area is 174 Å². The van der Waals surface area contributed by atoms with E-state index in [1.54, 1.807) is 25.3 Å². The molecule has 30 heavy (non-hydrogen) atoms. The molecular formula is C22H29N3O5. The van der Waals surface area contributed by atoms with Gasteiger partial charge >= 0.3 is 5.69 Å². The van der Waals surface area contributed by atoms with Gasteiger partial charge in [-0.25, -0.2) is 4.79 Å². The molecule has 2 fully saturated rings. The molecule has 162 valence electrons. The first kappa shape index (κ1) is 20.7. The van der Waals surface area contributed by atoms with Gasteiger partial charge in [0.1, 0.15) is 5.75 Å². The van der Waals surface area contributed by atoms with E-state index < -0.39 is 0 Å². The van der Waals surface area contributed by atoms with Gasteiger partial charge in [0, 0.05) is 32.2 Å². The third kappa shape index (κ3) is 4.28. The quantitative estimate of drug-likeness (QED) is 0.821. The molecule has 1 saturated heterocycles. The minimum atomic E-state index is -0.388. The summed E-state index contributed by atoms with van der Waals surface area (Å²) in [6.45, 7) is 3.14. The van der Waals surface area contributed by atoms with Crippen LogP contribution in [0.4, 0.5) is 0 Å². The van der Waals surface area contributed by atoms with E-state index in [9.17, 15) is 14.4 Å². The van der Waals surface area contributed by atoms with Crippen molar-refractivity contribution in [3.8, 4) is 5.75 Å². The second-order valence-corrected chi connectivity index (χ2v) is 8.27. The van der Waals surface area contributed by atoms with Crippen molar-refractivity contribution >= 4 is 16.8 Å². The number of carbonyl (C=O) groups excluding carboxylic acids is 1. The molecule has 1 aliphatic heterocycles. The summed E-state index contributed by atoms with van der Waals surface area (Å²) in [6, 6.07) is 5.06. The van der Waals surface area contributed by atoms with Crippen LogP contribution in [0.5, 0.6) is 5.75 Å². The van der Waals surface area contributed by atoms with E-state index in [1.165, 1.54) is 4.57 Å². The standard InChI is InChI=1S/C22H29N3O5/c1-29-17-7-8-19-18(13-17)21(27)25(22(28)23-19)14-15-3-5-16(6-4-15)20(26)24-9-2-11-30-12-10-24/h7-8,13,15-16H,2-6,9-12,14H2,1H3,(H,23,28). The first-order valence-electron chi connectivity index (χ1n) is 10.7. The number of nitrogens with one attached hydrogen (secondary N) is 1. The molecule has 2 aromatic rings. The van der Waals surface area contributed by atoms with Crippen molar-refractivity contribution in [3.05, 3.63) is 39.0 Å². The number of fused-ring (bicyclic) bond motifs is 1. The van der Waals surface area contributed by atoms with Gasteiger partial charge in [0.05, 0.1) is 24.6 Å². The highest BCUT2D eigenvalue weighted by Gasteiger charge is 2.30. The SMILES string of the molecule is COc1ccc2[nH]c(=O)n(CC3CCC(C(=O)N4CCCOCC4)CC3)c(=O)c2c1. The Morgan fingerprint density at radius 2 is 1.97 bits per heavy atom. The second-order valence-electron chi connectivity index (χ2n) is 8.27. The Bertz CT molecular complexity index is 1010. The number of benzene rings is 1. The number of aromatic nitrogens is 2. The van der Waals surface area contributed by atoms with Crippen LogP contribution in [0, 0.1) is 11.8 Å². The van der Waals surface area contributed by atoms with Gasteiger partial charge in [-0.1, -0.05) is 0 Å². The fourth-order valence-corrected chi connectivity index (χ4v) is 4.60. The zero-order valence-corrected chi connectivity index (χ0v) is 17.4. The first-order valence-corrected chi connectivity index (χ1v) is 10.7. The number of nitrogens with zero attached hydrogens (tertiary/aromatic N) is 2. The average Bonchev–Trinajstić information content (AvgIpc) is 3.06. The molecule has 0 spiro atoms. The third-order valence-electron chi connectivity index (χ3n) is 6.36. The highest BCUT2D eigenvalue weighted by molar-refractivity contribution is 5.79. The molecule has 8 nitrogen and oxygen atoms in total. The van der Waals surface area contributed by atoms with Gasteiger partial charge in [-0.3, -0.25) is 14.2 Å². The molecule has 0 atom stereocenters. The zero-order chi connectivity index (χ0) is 21.1. The van der Waals surface area contributed by atoms with Crippen molar-refractivity contribution < 1.29 is 14.3 Å². The minimum absolute atomic E-state index is 0.0372. The van der Waals surface area contributed by atoms with Crippen molar-refractivity contribution in [2.45, 2.75) is 38.6 Å². The number of hydrogen-bond donors (Lipinski definition) is 1. The topological polar surface area (TPSA) is 93.6 Å². The average molecular weight is 415 g/mol. The van der Waals surface area contributed by atoms with Crippen LogP contribution in [0.1, 0.15) is 32.1 Å². The maximum atomic E-state index is 12.9. The summed E-state index contributed by atoms with van der Waals surface area (Å²) >= 11 is 0. The van der Waals surface area contributed by atoms with Crippen molar-refractivity contribution in [2.75, 3.05) is 33.4 Å². The second kappa shape index (κ2) is 9.04. The van der Waals surface area contributed by atoms with Crippen LogP contribution < -0.4 is 16.0 Å². The summed E-state index contributed by atoms with van der Waals surface area (Å²) in [5.41, 5.74) is -0.173. The number of amides is 1. The summed E-state index contributed by atoms with van der Waals surface area (Å²) in [5, 5.41) is 0.446. The van der Waals surface area contributed by atoms with Gasteiger partial charge in [0.2, 0.25) is 5.91 Å². The molecule has 0 unspecified atom stereocenters. The molecule has 1 N–H and O–H groups in total. The maximum Gasteiger partial charge on any atom is 0.328 e. The van der Waals surface area contributed by atoms with Crippen molar-refractivity contribution in [1.82, 2.24) is 14.5 Å². The smallest absolute Gasteiger partial charge is 0.328 e. The summed E-state index contributed by atoms with van der Waals surface area (Å²) in [7, 11) is 1.55. The van der Waals surface area contributed by atoms with Crippen LogP contribution in [0.15, 0.2) is 27.8 Å². The normalized spacial score (nSPS) is 22.6. The van der Waals surface area contributed by atoms with E-state index in [0.29, 0.717) is 36.3 Å². The summed E-state index contributed by atoms with van der Waals surface area (Å²) in [5.74, 6) is 1.06. The van der Waals surface area contributed by atoms with Gasteiger partial charge < -0.3 is 19.4 Å². The van der Waals surface area contributed by atoms with Gasteiger partial charge in [0.15, 0.2) is 0 Å². The lowest BCUT2D eigenvalue weighted by atomic mass is 9.81. The van der Waals surface area contributed by atoms with Gasteiger partial charge in [-0.15, -0.1) is 0 Å². The Balaban J connectivity index is 1.43. The van der Waals surface area contributed by atoms with E-state index in [1.807, 2.05) is 4.90 Å². The van der Waals surface area contributed by atoms with Gasteiger partial charge in [-0.05, 0) is 56.2 Å². The molecule has 0 bridgehead atoms. The van der Waals surface area contributed by atoms with E-state index in [-0.39, 0.29) is 29.0 Å². The minimum Gasteiger partial charge on any atom is -0.497 e. The largest absolute Gasteiger partial charge is 0.497 e. The molecule has 1 aromatic carbocycles. The fourth-order valence-electron chi connectivity index (χ4n) is 4.60. The lowest BCUT2D eigenvalue weighted by Crippen LogP contribution is -2.41. The Morgan fingerprint density at radius 3 is 2.73 bits per heavy atom. The molecular weight excluding hydrogens is 386 g/mol. The van der Waals surface area contributed by atoms with Crippen molar-refractivity contribution in [1.29, 1.82) is 0 Å². The number of carbonyl (C=O) groups is 1. The first-order chi connectivity index (χ1) is 14.6. The molecule has 2 aliphatic rings. The number of aromatic amines is 1. The number of ether oxygens (including phenoxy) is 2. The molecule has 4 rings (SSSR count). The molecule has 1 aromatic heterocycles.